The summed E-state index contributed by atoms with van der Waals surface area (Å²) < 4.78 is 12.5. The van der Waals surface area contributed by atoms with Gasteiger partial charge in [-0.2, -0.15) is 0 Å². The van der Waals surface area contributed by atoms with E-state index in [2.05, 4.69) is 4.90 Å². The van der Waals surface area contributed by atoms with E-state index in [-0.39, 0.29) is 17.9 Å². The second-order valence-electron chi connectivity index (χ2n) is 12.2. The van der Waals surface area contributed by atoms with Gasteiger partial charge >= 0.3 is 12.1 Å². The average Bonchev–Trinajstić information content (AvgIpc) is 3.30. The zero-order chi connectivity index (χ0) is 27.5. The van der Waals surface area contributed by atoms with Gasteiger partial charge in [0, 0.05) is 54.3 Å². The van der Waals surface area contributed by atoms with Crippen LogP contribution in [0.4, 0.5) is 9.80 Å². The van der Waals surface area contributed by atoms with Gasteiger partial charge in [-0.1, -0.05) is 18.2 Å². The van der Waals surface area contributed by atoms with Gasteiger partial charge in [-0.05, 0) is 53.5 Å². The molecule has 1 N–H and O–H groups in total. The van der Waals surface area contributed by atoms with Crippen LogP contribution in [0.2, 0.25) is 0 Å². The summed E-state index contributed by atoms with van der Waals surface area (Å²) in [6.07, 6.45) is 1.01. The van der Waals surface area contributed by atoms with Crippen molar-refractivity contribution >= 4 is 44.4 Å². The monoisotopic (exact) mass is 543 g/mol. The highest BCUT2D eigenvalue weighted by Gasteiger charge is 2.56. The molecule has 2 aromatic rings. The largest absolute Gasteiger partial charge is 0.465 e. The van der Waals surface area contributed by atoms with Crippen LogP contribution in [-0.4, -0.2) is 88.4 Å². The van der Waals surface area contributed by atoms with Crippen molar-refractivity contribution < 1.29 is 29.0 Å². The fraction of sp³-hybridized carbons (Fsp3) is 0.607. The number of ether oxygens (including phenoxy) is 2. The van der Waals surface area contributed by atoms with Crippen molar-refractivity contribution in [3.63, 3.8) is 0 Å². The van der Waals surface area contributed by atoms with Crippen LogP contribution in [-0.2, 0) is 14.3 Å². The number of thiophene rings is 1. The molecule has 0 saturated carbocycles. The number of piperidine rings is 1. The Morgan fingerprint density at radius 1 is 1.13 bits per heavy atom. The molecule has 3 aliphatic heterocycles. The molecular weight excluding hydrogens is 506 g/mol. The number of cyclic esters (lactones) is 1. The molecule has 3 saturated heterocycles. The van der Waals surface area contributed by atoms with Gasteiger partial charge in [-0.25, -0.2) is 9.59 Å². The summed E-state index contributed by atoms with van der Waals surface area (Å²) in [6.45, 7) is 12.2. The van der Waals surface area contributed by atoms with Crippen molar-refractivity contribution in [1.82, 2.24) is 9.80 Å². The molecular formula is C28H37N3O6S. The first-order valence-electron chi connectivity index (χ1n) is 13.3. The minimum absolute atomic E-state index is 0.133. The Morgan fingerprint density at radius 3 is 2.42 bits per heavy atom. The maximum Gasteiger partial charge on any atom is 0.412 e. The van der Waals surface area contributed by atoms with Gasteiger partial charge in [0.1, 0.15) is 10.6 Å². The maximum atomic E-state index is 14.0. The third-order valence-corrected chi connectivity index (χ3v) is 8.95. The summed E-state index contributed by atoms with van der Waals surface area (Å²) in [5, 5.41) is 11.3. The van der Waals surface area contributed by atoms with Crippen molar-refractivity contribution in [3.05, 3.63) is 29.8 Å². The lowest BCUT2D eigenvalue weighted by atomic mass is 9.90. The molecule has 0 aliphatic carbocycles. The van der Waals surface area contributed by atoms with Gasteiger partial charge in [0.25, 0.3) is 5.91 Å². The van der Waals surface area contributed by atoms with Gasteiger partial charge in [0.15, 0.2) is 5.60 Å². The Hall–Kier alpha value is -2.69. The van der Waals surface area contributed by atoms with E-state index in [1.54, 1.807) is 0 Å². The Labute approximate surface area is 227 Å². The quantitative estimate of drug-likeness (QED) is 0.566. The second-order valence-corrected chi connectivity index (χ2v) is 13.3. The van der Waals surface area contributed by atoms with E-state index < -0.39 is 22.8 Å². The molecule has 10 heteroatoms. The summed E-state index contributed by atoms with van der Waals surface area (Å²) in [4.78, 5) is 44.5. The summed E-state index contributed by atoms with van der Waals surface area (Å²) in [5.41, 5.74) is -1.69. The van der Waals surface area contributed by atoms with Gasteiger partial charge in [-0.3, -0.25) is 14.6 Å². The van der Waals surface area contributed by atoms with Crippen molar-refractivity contribution in [2.75, 3.05) is 37.7 Å². The molecule has 3 fully saturated rings. The number of morpholine rings is 1. The highest BCUT2D eigenvalue weighted by molar-refractivity contribution is 7.23. The second kappa shape index (κ2) is 9.50. The van der Waals surface area contributed by atoms with Crippen LogP contribution < -0.4 is 4.90 Å². The van der Waals surface area contributed by atoms with Crippen molar-refractivity contribution in [3.8, 4) is 0 Å². The van der Waals surface area contributed by atoms with E-state index in [1.165, 1.54) is 16.2 Å². The number of amides is 2. The topological polar surface area (TPSA) is 99.6 Å². The van der Waals surface area contributed by atoms with Gasteiger partial charge in [0.2, 0.25) is 0 Å². The number of benzene rings is 1. The van der Waals surface area contributed by atoms with Gasteiger partial charge in [-0.15, -0.1) is 11.3 Å². The number of likely N-dealkylation sites (tertiary alicyclic amines) is 1. The minimum Gasteiger partial charge on any atom is -0.465 e. The van der Waals surface area contributed by atoms with Crippen LogP contribution in [0.25, 0.3) is 10.1 Å². The fourth-order valence-corrected chi connectivity index (χ4v) is 7.54. The van der Waals surface area contributed by atoms with Crippen molar-refractivity contribution in [1.29, 1.82) is 0 Å². The predicted molar refractivity (Wildman–Crippen MR) is 146 cm³/mol. The van der Waals surface area contributed by atoms with Crippen LogP contribution in [0.3, 0.4) is 0 Å². The minimum atomic E-state index is -1.08. The number of hydrogen-bond donors (Lipinski definition) is 1. The van der Waals surface area contributed by atoms with Crippen LogP contribution in [0.1, 0.15) is 64.2 Å². The number of carbonyl (C=O) groups is 3. The molecule has 206 valence electrons. The smallest absolute Gasteiger partial charge is 0.412 e. The molecule has 2 amide bonds. The number of carbonyl (C=O) groups excluding carboxylic acids is 2. The first-order chi connectivity index (χ1) is 17.8. The van der Waals surface area contributed by atoms with Gasteiger partial charge < -0.3 is 19.5 Å². The third-order valence-electron chi connectivity index (χ3n) is 7.79. The number of carboxylic acid groups (broad SMARTS) is 1. The fourth-order valence-electron chi connectivity index (χ4n) is 6.16. The molecule has 3 aliphatic rings. The van der Waals surface area contributed by atoms with Crippen LogP contribution in [0, 0.1) is 0 Å². The lowest BCUT2D eigenvalue weighted by molar-refractivity contribution is -0.172. The molecule has 1 aromatic heterocycles. The Kier molecular flexibility index (Phi) is 6.72. The highest BCUT2D eigenvalue weighted by Crippen LogP contribution is 2.43. The summed E-state index contributed by atoms with van der Waals surface area (Å²) in [6, 6.07) is 7.85. The normalized spacial score (nSPS) is 24.7. The molecule has 1 aromatic carbocycles. The van der Waals surface area contributed by atoms with E-state index in [0.717, 1.165) is 29.5 Å². The molecule has 0 radical (unpaired) electrons. The van der Waals surface area contributed by atoms with Crippen molar-refractivity contribution in [2.45, 2.75) is 76.7 Å². The molecule has 0 bridgehead atoms. The lowest BCUT2D eigenvalue weighted by Crippen LogP contribution is -2.59. The van der Waals surface area contributed by atoms with Crippen LogP contribution >= 0.6 is 11.3 Å². The number of rotatable bonds is 3. The van der Waals surface area contributed by atoms with E-state index in [1.807, 2.05) is 63.8 Å². The number of fused-ring (bicyclic) bond motifs is 1. The maximum absolute atomic E-state index is 14.0. The van der Waals surface area contributed by atoms with Crippen LogP contribution in [0.15, 0.2) is 24.3 Å². The Bertz CT molecular complexity index is 1260. The predicted octanol–water partition coefficient (Wildman–Crippen LogP) is 4.59. The molecule has 1 atom stereocenters. The van der Waals surface area contributed by atoms with E-state index in [4.69, 9.17) is 9.47 Å². The number of hydrogen-bond acceptors (Lipinski definition) is 7. The first-order valence-corrected chi connectivity index (χ1v) is 14.1. The van der Waals surface area contributed by atoms with Crippen LogP contribution in [0.5, 0.6) is 0 Å². The Balaban J connectivity index is 1.35. The average molecular weight is 544 g/mol. The molecule has 1 unspecified atom stereocenters. The SMILES string of the molecule is CC1(C)CC2(CN(C3CCN(C(=O)c4c(N(C(=O)O)C(C)(C)C)sc5ccccc45)CC3)CCO2)C(=O)O1. The Morgan fingerprint density at radius 2 is 1.82 bits per heavy atom. The molecule has 38 heavy (non-hydrogen) atoms. The zero-order valence-corrected chi connectivity index (χ0v) is 23.6. The molecule has 4 heterocycles. The molecule has 5 rings (SSSR count). The summed E-state index contributed by atoms with van der Waals surface area (Å²) in [5.74, 6) is -0.413. The van der Waals surface area contributed by atoms with E-state index >= 15 is 0 Å². The summed E-state index contributed by atoms with van der Waals surface area (Å²) >= 11 is 1.35. The number of anilines is 1. The highest BCUT2D eigenvalue weighted by atomic mass is 32.1. The molecule has 1 spiro atoms. The molecule has 9 nitrogen and oxygen atoms in total. The van der Waals surface area contributed by atoms with Crippen molar-refractivity contribution in [2.24, 2.45) is 0 Å². The van der Waals surface area contributed by atoms with E-state index in [9.17, 15) is 19.5 Å². The summed E-state index contributed by atoms with van der Waals surface area (Å²) in [7, 11) is 0. The van der Waals surface area contributed by atoms with E-state index in [0.29, 0.717) is 43.2 Å². The third kappa shape index (κ3) is 4.78. The number of nitrogens with zero attached hydrogens (tertiary/aromatic N) is 3. The number of esters is 1. The lowest BCUT2D eigenvalue weighted by Gasteiger charge is -2.44. The first kappa shape index (κ1) is 26.9. The standard InChI is InChI=1S/C28H37N3O6S/c1-26(2,3)31(25(34)35)23-21(19-8-6-7-9-20(19)38-23)22(32)29-12-10-18(11-13-29)30-14-15-36-28(17-30)16-27(4,5)37-24(28)33/h6-9,18H,10-17H2,1-5H3,(H,34,35). The van der Waals surface area contributed by atoms with Gasteiger partial charge in [0.05, 0.1) is 12.2 Å². The zero-order valence-electron chi connectivity index (χ0n) is 22.8.